The van der Waals surface area contributed by atoms with Crippen molar-refractivity contribution in [1.29, 1.82) is 0 Å². The fourth-order valence-electron chi connectivity index (χ4n) is 3.96. The Balaban J connectivity index is 1.57. The van der Waals surface area contributed by atoms with Crippen LogP contribution >= 0.6 is 11.3 Å². The second kappa shape index (κ2) is 11.9. The first-order valence-electron chi connectivity index (χ1n) is 12.1. The highest BCUT2D eigenvalue weighted by Gasteiger charge is 2.26. The van der Waals surface area contributed by atoms with Crippen molar-refractivity contribution in [3.63, 3.8) is 0 Å². The maximum atomic E-state index is 13.2. The largest absolute Gasteiger partial charge is 0.493 e. The standard InChI is InChI=1S/C28H28N4O7S/c1-16-24(27(35)32(31(16)3)18-10-7-6-8-11-18)30-25(33)17(2)39-28(36)19-14-21(37-4)22(38-5)15-20(19)29-26(34)23-12-9-13-40-23/h6-15,17H,1-5H3,(H,29,34)(H,30,33). The first kappa shape index (κ1) is 28.2. The zero-order valence-electron chi connectivity index (χ0n) is 22.5. The van der Waals surface area contributed by atoms with Crippen molar-refractivity contribution < 1.29 is 28.6 Å². The number of aromatic nitrogens is 2. The second-order valence-electron chi connectivity index (χ2n) is 8.66. The summed E-state index contributed by atoms with van der Waals surface area (Å²) in [6, 6.07) is 15.1. The van der Waals surface area contributed by atoms with Crippen molar-refractivity contribution in [1.82, 2.24) is 9.36 Å². The van der Waals surface area contributed by atoms with Crippen LogP contribution in [0, 0.1) is 6.92 Å². The molecule has 1 atom stereocenters. The van der Waals surface area contributed by atoms with Gasteiger partial charge in [0, 0.05) is 19.2 Å². The molecular formula is C28H28N4O7S. The number of nitrogens with zero attached hydrogens (tertiary/aromatic N) is 2. The van der Waals surface area contributed by atoms with E-state index >= 15 is 0 Å². The van der Waals surface area contributed by atoms with E-state index in [4.69, 9.17) is 14.2 Å². The Bertz CT molecular complexity index is 1610. The summed E-state index contributed by atoms with van der Waals surface area (Å²) in [5, 5.41) is 7.03. The third kappa shape index (κ3) is 5.61. The molecule has 2 heterocycles. The van der Waals surface area contributed by atoms with Crippen LogP contribution in [0.4, 0.5) is 11.4 Å². The van der Waals surface area contributed by atoms with E-state index in [0.717, 1.165) is 0 Å². The minimum atomic E-state index is -1.29. The van der Waals surface area contributed by atoms with E-state index < -0.39 is 29.4 Å². The Kier molecular flexibility index (Phi) is 8.39. The Morgan fingerprint density at radius 1 is 0.950 bits per heavy atom. The first-order chi connectivity index (χ1) is 19.2. The van der Waals surface area contributed by atoms with E-state index in [1.165, 1.54) is 49.3 Å². The van der Waals surface area contributed by atoms with Crippen LogP contribution in [0.15, 0.2) is 64.8 Å². The highest BCUT2D eigenvalue weighted by molar-refractivity contribution is 7.12. The normalized spacial score (nSPS) is 11.4. The SMILES string of the molecule is COc1cc(NC(=O)c2cccs2)c(C(=O)OC(C)C(=O)Nc2c(C)n(C)n(-c3ccccc3)c2=O)cc1OC. The van der Waals surface area contributed by atoms with Crippen LogP contribution in [0.1, 0.15) is 32.6 Å². The Hall–Kier alpha value is -4.84. The number of carbonyl (C=O) groups excluding carboxylic acids is 3. The zero-order valence-corrected chi connectivity index (χ0v) is 23.3. The van der Waals surface area contributed by atoms with Gasteiger partial charge in [-0.2, -0.15) is 0 Å². The molecular weight excluding hydrogens is 536 g/mol. The van der Waals surface area contributed by atoms with Crippen molar-refractivity contribution in [3.8, 4) is 17.2 Å². The van der Waals surface area contributed by atoms with Gasteiger partial charge in [0.2, 0.25) is 0 Å². The second-order valence-corrected chi connectivity index (χ2v) is 9.61. The summed E-state index contributed by atoms with van der Waals surface area (Å²) >= 11 is 1.24. The number of thiophene rings is 1. The summed E-state index contributed by atoms with van der Waals surface area (Å²) in [4.78, 5) is 52.5. The zero-order chi connectivity index (χ0) is 29.0. The maximum absolute atomic E-state index is 13.2. The van der Waals surface area contributed by atoms with Crippen molar-refractivity contribution >= 4 is 40.5 Å². The van der Waals surface area contributed by atoms with E-state index in [1.54, 1.807) is 60.4 Å². The van der Waals surface area contributed by atoms with Gasteiger partial charge < -0.3 is 24.8 Å². The molecule has 208 valence electrons. The van der Waals surface area contributed by atoms with Crippen LogP contribution in [0.2, 0.25) is 0 Å². The molecule has 12 heteroatoms. The average Bonchev–Trinajstić information content (AvgIpc) is 3.57. The van der Waals surface area contributed by atoms with Gasteiger partial charge in [0.25, 0.3) is 17.4 Å². The summed E-state index contributed by atoms with van der Waals surface area (Å²) < 4.78 is 19.1. The van der Waals surface area contributed by atoms with Crippen LogP contribution in [0.5, 0.6) is 11.5 Å². The van der Waals surface area contributed by atoms with E-state index in [1.807, 2.05) is 6.07 Å². The van der Waals surface area contributed by atoms with Crippen molar-refractivity contribution in [2.24, 2.45) is 7.05 Å². The average molecular weight is 565 g/mol. The minimum absolute atomic E-state index is 0.0514. The number of hydrogen-bond donors (Lipinski definition) is 2. The molecule has 0 saturated heterocycles. The number of esters is 1. The van der Waals surface area contributed by atoms with Crippen LogP contribution in [-0.4, -0.2) is 47.5 Å². The molecule has 4 aromatic rings. The van der Waals surface area contributed by atoms with Gasteiger partial charge in [0.05, 0.1) is 41.7 Å². The molecule has 0 bridgehead atoms. The molecule has 2 aromatic carbocycles. The summed E-state index contributed by atoms with van der Waals surface area (Å²) in [7, 11) is 4.52. The lowest BCUT2D eigenvalue weighted by atomic mass is 10.1. The number of nitrogens with one attached hydrogen (secondary N) is 2. The molecule has 0 aliphatic rings. The highest BCUT2D eigenvalue weighted by Crippen LogP contribution is 2.34. The van der Waals surface area contributed by atoms with Crippen LogP contribution in [-0.2, 0) is 16.6 Å². The van der Waals surface area contributed by atoms with Gasteiger partial charge in [-0.3, -0.25) is 19.1 Å². The maximum Gasteiger partial charge on any atom is 0.341 e. The number of methoxy groups -OCH3 is 2. The third-order valence-corrected chi connectivity index (χ3v) is 7.06. The van der Waals surface area contributed by atoms with Crippen LogP contribution in [0.25, 0.3) is 5.69 Å². The van der Waals surface area contributed by atoms with E-state index in [2.05, 4.69) is 10.6 Å². The summed E-state index contributed by atoms with van der Waals surface area (Å²) in [5.74, 6) is -1.53. The topological polar surface area (TPSA) is 130 Å². The number of para-hydroxylation sites is 1. The molecule has 0 saturated carbocycles. The number of anilines is 2. The predicted octanol–water partition coefficient (Wildman–Crippen LogP) is 4.00. The van der Waals surface area contributed by atoms with Crippen LogP contribution < -0.4 is 25.7 Å². The lowest BCUT2D eigenvalue weighted by Crippen LogP contribution is -2.32. The summed E-state index contributed by atoms with van der Waals surface area (Å²) in [6.07, 6.45) is -1.29. The number of benzene rings is 2. The molecule has 2 N–H and O–H groups in total. The van der Waals surface area contributed by atoms with Gasteiger partial charge in [-0.15, -0.1) is 11.3 Å². The van der Waals surface area contributed by atoms with Crippen molar-refractivity contribution in [3.05, 3.63) is 86.5 Å². The molecule has 40 heavy (non-hydrogen) atoms. The minimum Gasteiger partial charge on any atom is -0.493 e. The lowest BCUT2D eigenvalue weighted by Gasteiger charge is -2.17. The van der Waals surface area contributed by atoms with Crippen molar-refractivity contribution in [2.45, 2.75) is 20.0 Å². The number of hydrogen-bond acceptors (Lipinski definition) is 8. The number of carbonyl (C=O) groups is 3. The lowest BCUT2D eigenvalue weighted by molar-refractivity contribution is -0.123. The van der Waals surface area contributed by atoms with Gasteiger partial charge in [0.1, 0.15) is 5.69 Å². The molecule has 2 aromatic heterocycles. The summed E-state index contributed by atoms with van der Waals surface area (Å²) in [6.45, 7) is 3.07. The first-order valence-corrected chi connectivity index (χ1v) is 13.0. The third-order valence-electron chi connectivity index (χ3n) is 6.19. The van der Waals surface area contributed by atoms with Gasteiger partial charge in [-0.1, -0.05) is 24.3 Å². The van der Waals surface area contributed by atoms with Crippen LogP contribution in [0.3, 0.4) is 0 Å². The quantitative estimate of drug-likeness (QED) is 0.294. The molecule has 0 spiro atoms. The molecule has 11 nitrogen and oxygen atoms in total. The molecule has 1 unspecified atom stereocenters. The Morgan fingerprint density at radius 2 is 1.62 bits per heavy atom. The highest BCUT2D eigenvalue weighted by atomic mass is 32.1. The molecule has 0 aliphatic carbocycles. The van der Waals surface area contributed by atoms with E-state index in [9.17, 15) is 19.2 Å². The summed E-state index contributed by atoms with van der Waals surface area (Å²) in [5.41, 5.74) is 0.830. The van der Waals surface area contributed by atoms with Crippen molar-refractivity contribution in [2.75, 3.05) is 24.9 Å². The Morgan fingerprint density at radius 3 is 2.25 bits per heavy atom. The smallest absolute Gasteiger partial charge is 0.341 e. The molecule has 2 amide bonds. The fourth-order valence-corrected chi connectivity index (χ4v) is 4.58. The molecule has 0 fully saturated rings. The van der Waals surface area contributed by atoms with Gasteiger partial charge >= 0.3 is 5.97 Å². The van der Waals surface area contributed by atoms with E-state index in [-0.39, 0.29) is 28.4 Å². The van der Waals surface area contributed by atoms with Gasteiger partial charge in [0.15, 0.2) is 17.6 Å². The number of ether oxygens (including phenoxy) is 3. The molecule has 0 radical (unpaired) electrons. The Labute approximate surface area is 233 Å². The fraction of sp³-hybridized carbons (Fsp3) is 0.214. The monoisotopic (exact) mass is 564 g/mol. The van der Waals surface area contributed by atoms with E-state index in [0.29, 0.717) is 16.3 Å². The van der Waals surface area contributed by atoms with Gasteiger partial charge in [-0.05, 0) is 37.4 Å². The number of rotatable bonds is 9. The number of amides is 2. The molecule has 4 rings (SSSR count). The molecule has 0 aliphatic heterocycles. The van der Waals surface area contributed by atoms with Gasteiger partial charge in [-0.25, -0.2) is 9.48 Å². The predicted molar refractivity (Wildman–Crippen MR) is 151 cm³/mol.